The largest absolute Gasteiger partial charge is 0.506 e. The third kappa shape index (κ3) is 2.00. The van der Waals surface area contributed by atoms with Crippen molar-refractivity contribution in [2.24, 2.45) is 0 Å². The van der Waals surface area contributed by atoms with Gasteiger partial charge in [-0.25, -0.2) is 0 Å². The van der Waals surface area contributed by atoms with Crippen molar-refractivity contribution in [3.63, 3.8) is 0 Å². The van der Waals surface area contributed by atoms with Gasteiger partial charge in [-0.1, -0.05) is 0 Å². The summed E-state index contributed by atoms with van der Waals surface area (Å²) in [6.07, 6.45) is -1.64. The number of benzene rings is 2. The van der Waals surface area contributed by atoms with Gasteiger partial charge in [0.1, 0.15) is 11.5 Å². The van der Waals surface area contributed by atoms with Crippen molar-refractivity contribution in [2.45, 2.75) is 13.2 Å². The molecule has 2 aromatic carbocycles. The molecule has 0 fully saturated rings. The number of hydrogen-bond acceptors (Lipinski definition) is 8. The van der Waals surface area contributed by atoms with Crippen molar-refractivity contribution >= 4 is 5.78 Å². The van der Waals surface area contributed by atoms with E-state index < -0.39 is 35.1 Å². The Morgan fingerprint density at radius 2 is 1.75 bits per heavy atom. The summed E-state index contributed by atoms with van der Waals surface area (Å²) >= 11 is 0. The number of phenolic OH excluding ortho intramolecular Hbond substituents is 4. The quantitative estimate of drug-likeness (QED) is 0.318. The molecule has 1 aliphatic rings. The molecule has 5 N–H and O–H groups in total. The van der Waals surface area contributed by atoms with Crippen LogP contribution in [-0.2, 0) is 0 Å². The molecule has 24 heavy (non-hydrogen) atoms. The van der Waals surface area contributed by atoms with Gasteiger partial charge in [0.05, 0.1) is 23.8 Å². The van der Waals surface area contributed by atoms with E-state index in [0.717, 1.165) is 12.1 Å². The topological polar surface area (TPSA) is 137 Å². The monoisotopic (exact) mass is 334 g/mol. The van der Waals surface area contributed by atoms with E-state index in [1.165, 1.54) is 14.0 Å². The Kier molecular flexibility index (Phi) is 3.42. The lowest BCUT2D eigenvalue weighted by Crippen LogP contribution is -2.16. The lowest BCUT2D eigenvalue weighted by atomic mass is 9.90. The van der Waals surface area contributed by atoms with E-state index in [1.54, 1.807) is 0 Å². The molecule has 2 aromatic rings. The van der Waals surface area contributed by atoms with Crippen molar-refractivity contribution in [2.75, 3.05) is 7.11 Å². The van der Waals surface area contributed by atoms with Crippen molar-refractivity contribution in [1.82, 2.24) is 0 Å². The van der Waals surface area contributed by atoms with Crippen molar-refractivity contribution in [3.8, 4) is 45.6 Å². The van der Waals surface area contributed by atoms with E-state index >= 15 is 0 Å². The van der Waals surface area contributed by atoms with Crippen LogP contribution < -0.4 is 9.47 Å². The number of carbonyl (C=O) groups is 1. The normalized spacial score (nSPS) is 15.2. The predicted molar refractivity (Wildman–Crippen MR) is 80.7 cm³/mol. The fourth-order valence-electron chi connectivity index (χ4n) is 2.75. The molecular formula is C16H14O8. The van der Waals surface area contributed by atoms with Gasteiger partial charge in [0.25, 0.3) is 0 Å². The van der Waals surface area contributed by atoms with Gasteiger partial charge in [0.2, 0.25) is 6.29 Å². The molecule has 1 heterocycles. The Labute approximate surface area is 135 Å². The van der Waals surface area contributed by atoms with Crippen molar-refractivity contribution in [1.29, 1.82) is 0 Å². The molecule has 0 spiro atoms. The first kappa shape index (κ1) is 15.8. The molecular weight excluding hydrogens is 320 g/mol. The summed E-state index contributed by atoms with van der Waals surface area (Å²) < 4.78 is 10.3. The number of carbonyl (C=O) groups excluding carboxylic acids is 1. The number of fused-ring (bicyclic) bond motifs is 3. The number of rotatable bonds is 2. The number of ether oxygens (including phenoxy) is 2. The highest BCUT2D eigenvalue weighted by molar-refractivity contribution is 6.02. The lowest BCUT2D eigenvalue weighted by molar-refractivity contribution is -0.0249. The summed E-state index contributed by atoms with van der Waals surface area (Å²) in [5.74, 6) is -3.19. The van der Waals surface area contributed by atoms with Crippen LogP contribution in [0.2, 0.25) is 0 Å². The summed E-state index contributed by atoms with van der Waals surface area (Å²) in [5.41, 5.74) is -0.696. The summed E-state index contributed by atoms with van der Waals surface area (Å²) in [6, 6.07) is 2.06. The van der Waals surface area contributed by atoms with Crippen LogP contribution in [0.1, 0.15) is 29.1 Å². The second-order valence-electron chi connectivity index (χ2n) is 5.26. The van der Waals surface area contributed by atoms with Gasteiger partial charge in [0.15, 0.2) is 28.8 Å². The number of aliphatic hydroxyl groups is 1. The van der Waals surface area contributed by atoms with Gasteiger partial charge in [0, 0.05) is 11.6 Å². The summed E-state index contributed by atoms with van der Waals surface area (Å²) in [4.78, 5) is 11.7. The zero-order valence-corrected chi connectivity index (χ0v) is 12.7. The molecule has 0 bridgehead atoms. The number of phenols is 4. The molecule has 3 rings (SSSR count). The van der Waals surface area contributed by atoms with E-state index in [1.807, 2.05) is 0 Å². The molecule has 0 amide bonds. The maximum absolute atomic E-state index is 11.7. The van der Waals surface area contributed by atoms with Gasteiger partial charge in [-0.2, -0.15) is 0 Å². The first-order chi connectivity index (χ1) is 11.3. The molecule has 0 saturated carbocycles. The van der Waals surface area contributed by atoms with Crippen LogP contribution in [0.3, 0.4) is 0 Å². The standard InChI is InChI=1S/C16H14O8/c1-5(17)6-3-8(19)15-12(13(6)20)11-10(16(22)24-15)9(23-2)4-7(18)14(11)21/h3-4,16,18-22H,1-2H3/t16-/m1/s1. The van der Waals surface area contributed by atoms with Crippen molar-refractivity contribution < 1.29 is 39.8 Å². The second-order valence-corrected chi connectivity index (χ2v) is 5.26. The highest BCUT2D eigenvalue weighted by Gasteiger charge is 2.37. The summed E-state index contributed by atoms with van der Waals surface area (Å²) in [7, 11) is 1.28. The van der Waals surface area contributed by atoms with E-state index in [4.69, 9.17) is 9.47 Å². The van der Waals surface area contributed by atoms with E-state index in [0.29, 0.717) is 0 Å². The molecule has 126 valence electrons. The third-order valence-electron chi connectivity index (χ3n) is 3.84. The maximum atomic E-state index is 11.7. The van der Waals surface area contributed by atoms with Crippen LogP contribution in [0.5, 0.6) is 34.5 Å². The fourth-order valence-corrected chi connectivity index (χ4v) is 2.75. The number of hydrogen-bond donors (Lipinski definition) is 5. The van der Waals surface area contributed by atoms with Crippen LogP contribution in [0, 0.1) is 0 Å². The van der Waals surface area contributed by atoms with Gasteiger partial charge >= 0.3 is 0 Å². The number of Topliss-reactive ketones (excluding diaryl/α,β-unsaturated/α-hetero) is 1. The highest BCUT2D eigenvalue weighted by atomic mass is 16.6. The first-order valence-corrected chi connectivity index (χ1v) is 6.85. The average molecular weight is 334 g/mol. The highest BCUT2D eigenvalue weighted by Crippen LogP contribution is 2.58. The molecule has 0 aliphatic carbocycles. The Hall–Kier alpha value is -3.13. The lowest BCUT2D eigenvalue weighted by Gasteiger charge is -2.29. The van der Waals surface area contributed by atoms with Crippen LogP contribution >= 0.6 is 0 Å². The Bertz CT molecular complexity index is 871. The maximum Gasteiger partial charge on any atom is 0.228 e. The average Bonchev–Trinajstić information content (AvgIpc) is 2.53. The molecule has 1 aliphatic heterocycles. The van der Waals surface area contributed by atoms with Gasteiger partial charge in [-0.15, -0.1) is 0 Å². The summed E-state index contributed by atoms with van der Waals surface area (Å²) in [5, 5.41) is 50.8. The minimum absolute atomic E-state index is 0.00873. The minimum atomic E-state index is -1.64. The first-order valence-electron chi connectivity index (χ1n) is 6.85. The molecule has 0 aromatic heterocycles. The van der Waals surface area contributed by atoms with Crippen LogP contribution in [-0.4, -0.2) is 38.4 Å². The Morgan fingerprint density at radius 1 is 1.08 bits per heavy atom. The Morgan fingerprint density at radius 3 is 2.33 bits per heavy atom. The van der Waals surface area contributed by atoms with Gasteiger partial charge < -0.3 is 35.0 Å². The predicted octanol–water partition coefficient (Wildman–Crippen LogP) is 1.77. The molecule has 8 nitrogen and oxygen atoms in total. The molecule has 8 heteroatoms. The number of ketones is 1. The molecule has 0 saturated heterocycles. The molecule has 1 atom stereocenters. The van der Waals surface area contributed by atoms with Crippen molar-refractivity contribution in [3.05, 3.63) is 23.3 Å². The van der Waals surface area contributed by atoms with Gasteiger partial charge in [-0.05, 0) is 13.0 Å². The van der Waals surface area contributed by atoms with E-state index in [-0.39, 0.29) is 33.8 Å². The number of aliphatic hydroxyl groups excluding tert-OH is 1. The van der Waals surface area contributed by atoms with Crippen LogP contribution in [0.15, 0.2) is 12.1 Å². The van der Waals surface area contributed by atoms with Crippen LogP contribution in [0.25, 0.3) is 11.1 Å². The molecule has 0 unspecified atom stereocenters. The number of methoxy groups -OCH3 is 1. The van der Waals surface area contributed by atoms with Gasteiger partial charge in [-0.3, -0.25) is 4.79 Å². The zero-order valence-electron chi connectivity index (χ0n) is 12.7. The number of aromatic hydroxyl groups is 4. The Balaban J connectivity index is 2.49. The van der Waals surface area contributed by atoms with Crippen LogP contribution in [0.4, 0.5) is 0 Å². The van der Waals surface area contributed by atoms with E-state index in [9.17, 15) is 30.3 Å². The zero-order chi connectivity index (χ0) is 17.8. The molecule has 0 radical (unpaired) electrons. The summed E-state index contributed by atoms with van der Waals surface area (Å²) in [6.45, 7) is 1.18. The second kappa shape index (κ2) is 5.20. The third-order valence-corrected chi connectivity index (χ3v) is 3.84. The smallest absolute Gasteiger partial charge is 0.228 e. The SMILES string of the molecule is COc1cc(O)c(O)c2c1[C@H](O)Oc1c(O)cc(C(C)=O)c(O)c1-2. The minimum Gasteiger partial charge on any atom is -0.506 e. The fraction of sp³-hybridized carbons (Fsp3) is 0.188. The van der Waals surface area contributed by atoms with E-state index in [2.05, 4.69) is 0 Å².